The van der Waals surface area contributed by atoms with Crippen molar-refractivity contribution in [3.63, 3.8) is 0 Å². The first-order valence-corrected chi connectivity index (χ1v) is 17.8. The van der Waals surface area contributed by atoms with Crippen molar-refractivity contribution in [1.29, 1.82) is 0 Å². The number of rotatable bonds is 15. The molecule has 0 aliphatic rings. The first-order valence-electron chi connectivity index (χ1n) is 14.9. The molecule has 0 fully saturated rings. The molecule has 220 valence electrons. The van der Waals surface area contributed by atoms with Gasteiger partial charge in [-0.3, -0.25) is 0 Å². The van der Waals surface area contributed by atoms with Gasteiger partial charge in [-0.25, -0.2) is 9.78 Å². The van der Waals surface area contributed by atoms with Crippen LogP contribution in [0.5, 0.6) is 0 Å². The van der Waals surface area contributed by atoms with Crippen LogP contribution in [0.4, 0.5) is 0 Å². The monoisotopic (exact) mass is 557 g/mol. The lowest BCUT2D eigenvalue weighted by Crippen LogP contribution is -2.47. The topological polar surface area (TPSA) is 72.6 Å². The number of oxazole rings is 1. The molecule has 0 aliphatic carbocycles. The molecule has 39 heavy (non-hydrogen) atoms. The molecule has 0 saturated heterocycles. The van der Waals surface area contributed by atoms with E-state index < -0.39 is 20.4 Å². The highest BCUT2D eigenvalue weighted by atomic mass is 28.4. The first-order chi connectivity index (χ1) is 18.0. The van der Waals surface area contributed by atoms with Gasteiger partial charge in [0.1, 0.15) is 11.6 Å². The van der Waals surface area contributed by atoms with Gasteiger partial charge in [-0.15, -0.1) is 0 Å². The van der Waals surface area contributed by atoms with Gasteiger partial charge in [-0.05, 0) is 92.1 Å². The van der Waals surface area contributed by atoms with Crippen molar-refractivity contribution in [2.75, 3.05) is 0 Å². The molecular formula is C33H55NO4Si. The zero-order valence-electron chi connectivity index (χ0n) is 26.6. The van der Waals surface area contributed by atoms with E-state index in [1.807, 2.05) is 13.0 Å². The molecule has 1 N–H and O–H groups in total. The van der Waals surface area contributed by atoms with Crippen LogP contribution in [0.2, 0.25) is 18.1 Å². The van der Waals surface area contributed by atoms with E-state index in [1.165, 1.54) is 30.4 Å². The number of fused-ring (bicyclic) bond motifs is 1. The maximum atomic E-state index is 12.5. The summed E-state index contributed by atoms with van der Waals surface area (Å²) in [6.45, 7) is 23.8. The summed E-state index contributed by atoms with van der Waals surface area (Å²) < 4.78 is 12.2. The van der Waals surface area contributed by atoms with Crippen molar-refractivity contribution in [2.45, 2.75) is 137 Å². The Morgan fingerprint density at radius 2 is 1.82 bits per heavy atom. The van der Waals surface area contributed by atoms with E-state index >= 15 is 0 Å². The zero-order chi connectivity index (χ0) is 29.6. The van der Waals surface area contributed by atoms with Gasteiger partial charge in [0, 0.05) is 6.92 Å². The molecule has 0 aliphatic heterocycles. The number of aromatic nitrogens is 1. The number of aryl methyl sites for hydroxylation is 1. The van der Waals surface area contributed by atoms with Crippen molar-refractivity contribution < 1.29 is 18.7 Å². The number of hydrogen-bond acceptors (Lipinski definition) is 4. The molecule has 1 aromatic carbocycles. The smallest absolute Gasteiger partial charge is 0.331 e. The molecule has 1 heterocycles. The Bertz CT molecular complexity index is 1110. The Hall–Kier alpha value is -1.92. The SMILES string of the molecule is CCC=C(C)CCCC(C)CCC(c1ccc2oc(C)nc2c1)C(C)(C)CC(O[Si](C)(C)C(C)(C)C)C(=O)O. The van der Waals surface area contributed by atoms with Crippen molar-refractivity contribution in [2.24, 2.45) is 11.3 Å². The van der Waals surface area contributed by atoms with E-state index in [-0.39, 0.29) is 16.4 Å². The third-order valence-corrected chi connectivity index (χ3v) is 13.3. The first kappa shape index (κ1) is 33.3. The highest BCUT2D eigenvalue weighted by molar-refractivity contribution is 6.74. The summed E-state index contributed by atoms with van der Waals surface area (Å²) in [5.41, 5.74) is 4.05. The van der Waals surface area contributed by atoms with Gasteiger partial charge >= 0.3 is 5.97 Å². The average Bonchev–Trinajstić information content (AvgIpc) is 3.17. The Kier molecular flexibility index (Phi) is 11.6. The molecule has 6 heteroatoms. The molecule has 0 bridgehead atoms. The van der Waals surface area contributed by atoms with Gasteiger partial charge in [-0.1, -0.05) is 79.0 Å². The van der Waals surface area contributed by atoms with Crippen LogP contribution in [0.1, 0.15) is 118 Å². The molecule has 5 nitrogen and oxygen atoms in total. The van der Waals surface area contributed by atoms with Gasteiger partial charge in [0.05, 0.1) is 0 Å². The van der Waals surface area contributed by atoms with E-state index in [9.17, 15) is 9.90 Å². The third-order valence-electron chi connectivity index (χ3n) is 8.86. The lowest BCUT2D eigenvalue weighted by Gasteiger charge is -2.42. The second-order valence-electron chi connectivity index (χ2n) is 13.9. The van der Waals surface area contributed by atoms with Crippen molar-refractivity contribution in [3.8, 4) is 0 Å². The molecule has 3 unspecified atom stereocenters. The molecular weight excluding hydrogens is 502 g/mol. The van der Waals surface area contributed by atoms with Crippen LogP contribution >= 0.6 is 0 Å². The van der Waals surface area contributed by atoms with Crippen LogP contribution in [0.15, 0.2) is 34.3 Å². The largest absolute Gasteiger partial charge is 0.479 e. The van der Waals surface area contributed by atoms with Crippen LogP contribution in [0, 0.1) is 18.3 Å². The quantitative estimate of drug-likeness (QED) is 0.174. The lowest BCUT2D eigenvalue weighted by molar-refractivity contribution is -0.147. The van der Waals surface area contributed by atoms with Gasteiger partial charge in [0.25, 0.3) is 0 Å². The molecule has 2 rings (SSSR count). The summed E-state index contributed by atoms with van der Waals surface area (Å²) in [4.78, 5) is 17.1. The molecule has 0 amide bonds. The van der Waals surface area contributed by atoms with Crippen molar-refractivity contribution >= 4 is 25.4 Å². The molecule has 0 radical (unpaired) electrons. The number of hydrogen-bond donors (Lipinski definition) is 1. The van der Waals surface area contributed by atoms with Crippen LogP contribution in [0.25, 0.3) is 11.1 Å². The molecule has 3 atom stereocenters. The average molecular weight is 558 g/mol. The minimum atomic E-state index is -2.25. The third kappa shape index (κ3) is 9.60. The highest BCUT2D eigenvalue weighted by Crippen LogP contribution is 2.46. The standard InChI is InChI=1S/C33H55NO4Si/c1-12-14-23(2)15-13-16-24(3)17-19-27(26-18-20-29-28(21-26)34-25(4)37-29)33(8,9)22-30(31(35)36)38-39(10,11)32(5,6)7/h14,18,20-21,24,27,30H,12-13,15-17,19,22H2,1-11H3,(H,35,36). The Labute approximate surface area is 238 Å². The maximum absolute atomic E-state index is 12.5. The zero-order valence-corrected chi connectivity index (χ0v) is 27.6. The van der Waals surface area contributed by atoms with E-state index in [0.717, 1.165) is 30.4 Å². The summed E-state index contributed by atoms with van der Waals surface area (Å²) in [5.74, 6) is 0.577. The molecule has 1 aromatic heterocycles. The summed E-state index contributed by atoms with van der Waals surface area (Å²) >= 11 is 0. The van der Waals surface area contributed by atoms with Gasteiger partial charge in [-0.2, -0.15) is 0 Å². The second-order valence-corrected chi connectivity index (χ2v) is 18.7. The van der Waals surface area contributed by atoms with Crippen molar-refractivity contribution in [3.05, 3.63) is 41.3 Å². The number of carbonyl (C=O) groups is 1. The Balaban J connectivity index is 2.30. The van der Waals surface area contributed by atoms with Crippen LogP contribution < -0.4 is 0 Å². The lowest BCUT2D eigenvalue weighted by atomic mass is 9.69. The number of allylic oxidation sites excluding steroid dienone is 2. The highest BCUT2D eigenvalue weighted by Gasteiger charge is 2.43. The number of nitrogens with zero attached hydrogens (tertiary/aromatic N) is 1. The fraction of sp³-hybridized carbons (Fsp3) is 0.697. The van der Waals surface area contributed by atoms with E-state index in [2.05, 4.69) is 91.7 Å². The minimum absolute atomic E-state index is 0.0554. The number of benzene rings is 1. The summed E-state index contributed by atoms with van der Waals surface area (Å²) in [6.07, 6.45) is 8.74. The predicted octanol–water partition coefficient (Wildman–Crippen LogP) is 10.1. The van der Waals surface area contributed by atoms with Gasteiger partial charge in [0.2, 0.25) is 0 Å². The van der Waals surface area contributed by atoms with Gasteiger partial charge in [0.15, 0.2) is 19.8 Å². The fourth-order valence-corrected chi connectivity index (χ4v) is 6.64. The summed E-state index contributed by atoms with van der Waals surface area (Å²) in [5, 5.41) is 10.2. The predicted molar refractivity (Wildman–Crippen MR) is 166 cm³/mol. The van der Waals surface area contributed by atoms with Crippen LogP contribution in [0.3, 0.4) is 0 Å². The van der Waals surface area contributed by atoms with Crippen LogP contribution in [-0.4, -0.2) is 30.5 Å². The normalized spacial score (nSPS) is 15.9. The van der Waals surface area contributed by atoms with E-state index in [0.29, 0.717) is 18.2 Å². The number of carboxylic acids is 1. The van der Waals surface area contributed by atoms with E-state index in [1.54, 1.807) is 0 Å². The number of aliphatic carboxylic acids is 1. The van der Waals surface area contributed by atoms with Crippen LogP contribution in [-0.2, 0) is 9.22 Å². The molecule has 0 spiro atoms. The van der Waals surface area contributed by atoms with E-state index in [4.69, 9.17) is 8.84 Å². The van der Waals surface area contributed by atoms with Gasteiger partial charge < -0.3 is 13.9 Å². The Morgan fingerprint density at radius 3 is 2.41 bits per heavy atom. The minimum Gasteiger partial charge on any atom is -0.479 e. The molecule has 2 aromatic rings. The summed E-state index contributed by atoms with van der Waals surface area (Å²) in [7, 11) is -2.25. The summed E-state index contributed by atoms with van der Waals surface area (Å²) in [6, 6.07) is 6.31. The second kappa shape index (κ2) is 13.6. The number of carboxylic acid groups (broad SMARTS) is 1. The Morgan fingerprint density at radius 1 is 1.15 bits per heavy atom. The fourth-order valence-electron chi connectivity index (χ4n) is 5.39. The maximum Gasteiger partial charge on any atom is 0.331 e. The molecule has 0 saturated carbocycles. The van der Waals surface area contributed by atoms with Crippen molar-refractivity contribution in [1.82, 2.24) is 4.98 Å².